The fraction of sp³-hybridized carbons (Fsp3) is 0.455. The molecule has 0 spiro atoms. The molecule has 5 heteroatoms. The zero-order valence-electron chi connectivity index (χ0n) is 9.71. The zero-order valence-corrected chi connectivity index (χ0v) is 10.5. The Hall–Kier alpha value is -1.07. The van der Waals surface area contributed by atoms with E-state index in [-0.39, 0.29) is 0 Å². The predicted octanol–water partition coefficient (Wildman–Crippen LogP) is 1.01. The van der Waals surface area contributed by atoms with Crippen LogP contribution in [0.2, 0.25) is 0 Å². The normalized spacial score (nSPS) is 13.5. The Bertz CT molecular complexity index is 454. The minimum absolute atomic E-state index is 0.441. The summed E-state index contributed by atoms with van der Waals surface area (Å²) in [6, 6.07) is 7.17. The molecule has 0 saturated carbocycles. The molecule has 1 N–H and O–H groups in total. The van der Waals surface area contributed by atoms with Crippen LogP contribution in [0.25, 0.3) is 0 Å². The Labute approximate surface area is 96.6 Å². The highest BCUT2D eigenvalue weighted by Gasteiger charge is 2.15. The monoisotopic (exact) mass is 243 g/mol. The SMILES string of the molecule is CC(O)Cc1ccccc1N(C)S(C)(=O)=O. The molecule has 1 atom stereocenters. The summed E-state index contributed by atoms with van der Waals surface area (Å²) in [7, 11) is -1.75. The second kappa shape index (κ2) is 4.84. The highest BCUT2D eigenvalue weighted by Crippen LogP contribution is 2.22. The van der Waals surface area contributed by atoms with Gasteiger partial charge in [-0.25, -0.2) is 8.42 Å². The third-order valence-corrected chi connectivity index (χ3v) is 3.54. The number of anilines is 1. The van der Waals surface area contributed by atoms with E-state index in [4.69, 9.17) is 0 Å². The molecule has 1 aromatic rings. The maximum Gasteiger partial charge on any atom is 0.232 e. The molecule has 0 amide bonds. The Morgan fingerprint density at radius 1 is 1.38 bits per heavy atom. The molecular formula is C11H17NO3S. The summed E-state index contributed by atoms with van der Waals surface area (Å²) in [4.78, 5) is 0. The van der Waals surface area contributed by atoms with E-state index in [2.05, 4.69) is 0 Å². The van der Waals surface area contributed by atoms with Crippen molar-refractivity contribution in [1.29, 1.82) is 0 Å². The van der Waals surface area contributed by atoms with Crippen molar-refractivity contribution in [2.45, 2.75) is 19.4 Å². The number of sulfonamides is 1. The molecule has 0 aromatic heterocycles. The summed E-state index contributed by atoms with van der Waals surface area (Å²) in [6.45, 7) is 1.68. The molecule has 4 nitrogen and oxygen atoms in total. The van der Waals surface area contributed by atoms with E-state index < -0.39 is 16.1 Å². The summed E-state index contributed by atoms with van der Waals surface area (Å²) in [5.41, 5.74) is 1.44. The van der Waals surface area contributed by atoms with Crippen molar-refractivity contribution in [1.82, 2.24) is 0 Å². The minimum Gasteiger partial charge on any atom is -0.393 e. The molecule has 0 fully saturated rings. The average Bonchev–Trinajstić information content (AvgIpc) is 2.15. The number of hydrogen-bond acceptors (Lipinski definition) is 3. The lowest BCUT2D eigenvalue weighted by Gasteiger charge is -2.20. The zero-order chi connectivity index (χ0) is 12.3. The fourth-order valence-corrected chi connectivity index (χ4v) is 2.02. The van der Waals surface area contributed by atoms with Crippen LogP contribution in [0.5, 0.6) is 0 Å². The lowest BCUT2D eigenvalue weighted by molar-refractivity contribution is 0.195. The van der Waals surface area contributed by atoms with Gasteiger partial charge in [-0.15, -0.1) is 0 Å². The van der Waals surface area contributed by atoms with Crippen molar-refractivity contribution in [2.24, 2.45) is 0 Å². The van der Waals surface area contributed by atoms with Crippen molar-refractivity contribution in [2.75, 3.05) is 17.6 Å². The number of hydrogen-bond donors (Lipinski definition) is 1. The topological polar surface area (TPSA) is 57.6 Å². The second-order valence-corrected chi connectivity index (χ2v) is 5.93. The molecule has 1 unspecified atom stereocenters. The summed E-state index contributed by atoms with van der Waals surface area (Å²) in [5.74, 6) is 0. The van der Waals surface area contributed by atoms with Crippen LogP contribution in [0.3, 0.4) is 0 Å². The summed E-state index contributed by atoms with van der Waals surface area (Å²) >= 11 is 0. The van der Waals surface area contributed by atoms with E-state index in [0.717, 1.165) is 11.8 Å². The van der Waals surface area contributed by atoms with E-state index in [1.54, 1.807) is 19.1 Å². The highest BCUT2D eigenvalue weighted by molar-refractivity contribution is 7.92. The van der Waals surface area contributed by atoms with Crippen LogP contribution in [0.15, 0.2) is 24.3 Å². The van der Waals surface area contributed by atoms with Crippen LogP contribution in [0.1, 0.15) is 12.5 Å². The third kappa shape index (κ3) is 3.21. The third-order valence-electron chi connectivity index (χ3n) is 2.34. The number of benzene rings is 1. The van der Waals surface area contributed by atoms with Crippen LogP contribution >= 0.6 is 0 Å². The quantitative estimate of drug-likeness (QED) is 0.858. The van der Waals surface area contributed by atoms with Crippen molar-refractivity contribution >= 4 is 15.7 Å². The van der Waals surface area contributed by atoms with Gasteiger partial charge in [0.25, 0.3) is 0 Å². The number of rotatable bonds is 4. The molecule has 0 bridgehead atoms. The molecular weight excluding hydrogens is 226 g/mol. The van der Waals surface area contributed by atoms with Crippen LogP contribution in [0.4, 0.5) is 5.69 Å². The van der Waals surface area contributed by atoms with Crippen molar-refractivity contribution in [3.05, 3.63) is 29.8 Å². The Morgan fingerprint density at radius 3 is 2.44 bits per heavy atom. The minimum atomic E-state index is -3.26. The molecule has 0 aliphatic carbocycles. The first kappa shape index (κ1) is 13.0. The Kier molecular flexibility index (Phi) is 3.93. The van der Waals surface area contributed by atoms with Gasteiger partial charge >= 0.3 is 0 Å². The lowest BCUT2D eigenvalue weighted by Crippen LogP contribution is -2.26. The van der Waals surface area contributed by atoms with Gasteiger partial charge in [-0.1, -0.05) is 18.2 Å². The van der Waals surface area contributed by atoms with Crippen molar-refractivity contribution < 1.29 is 13.5 Å². The summed E-state index contributed by atoms with van der Waals surface area (Å²) in [5, 5.41) is 9.35. The van der Waals surface area contributed by atoms with E-state index >= 15 is 0 Å². The maximum absolute atomic E-state index is 11.4. The predicted molar refractivity (Wildman–Crippen MR) is 65.1 cm³/mol. The van der Waals surface area contributed by atoms with Gasteiger partial charge in [0.15, 0.2) is 0 Å². The molecule has 1 rings (SSSR count). The summed E-state index contributed by atoms with van der Waals surface area (Å²) in [6.07, 6.45) is 1.11. The van der Waals surface area contributed by atoms with Gasteiger partial charge in [0.05, 0.1) is 18.0 Å². The molecule has 0 aliphatic rings. The molecule has 0 aliphatic heterocycles. The van der Waals surface area contributed by atoms with Crippen LogP contribution in [-0.2, 0) is 16.4 Å². The van der Waals surface area contributed by atoms with Gasteiger partial charge in [0, 0.05) is 13.5 Å². The van der Waals surface area contributed by atoms with Crippen LogP contribution in [0, 0.1) is 0 Å². The van der Waals surface area contributed by atoms with Crippen molar-refractivity contribution in [3.63, 3.8) is 0 Å². The number of aliphatic hydroxyl groups excluding tert-OH is 1. The highest BCUT2D eigenvalue weighted by atomic mass is 32.2. The van der Waals surface area contributed by atoms with Gasteiger partial charge in [0.1, 0.15) is 0 Å². The van der Waals surface area contributed by atoms with Gasteiger partial charge in [-0.3, -0.25) is 4.31 Å². The maximum atomic E-state index is 11.4. The number of aliphatic hydroxyl groups is 1. The van der Waals surface area contributed by atoms with Gasteiger partial charge < -0.3 is 5.11 Å². The smallest absolute Gasteiger partial charge is 0.232 e. The second-order valence-electron chi connectivity index (χ2n) is 3.91. The first-order valence-corrected chi connectivity index (χ1v) is 6.87. The lowest BCUT2D eigenvalue weighted by atomic mass is 10.1. The Balaban J connectivity index is 3.13. The number of para-hydroxylation sites is 1. The van der Waals surface area contributed by atoms with Crippen LogP contribution < -0.4 is 4.31 Å². The average molecular weight is 243 g/mol. The summed E-state index contributed by atoms with van der Waals surface area (Å²) < 4.78 is 24.1. The number of nitrogens with zero attached hydrogens (tertiary/aromatic N) is 1. The largest absolute Gasteiger partial charge is 0.393 e. The standard InChI is InChI=1S/C11H17NO3S/c1-9(13)8-10-6-4-5-7-11(10)12(2)16(3,14)15/h4-7,9,13H,8H2,1-3H3. The van der Waals surface area contributed by atoms with E-state index in [1.807, 2.05) is 12.1 Å². The molecule has 1 aromatic carbocycles. The van der Waals surface area contributed by atoms with Gasteiger partial charge in [-0.2, -0.15) is 0 Å². The van der Waals surface area contributed by atoms with E-state index in [0.29, 0.717) is 12.1 Å². The molecule has 0 saturated heterocycles. The van der Waals surface area contributed by atoms with E-state index in [9.17, 15) is 13.5 Å². The molecule has 16 heavy (non-hydrogen) atoms. The molecule has 90 valence electrons. The van der Waals surface area contributed by atoms with E-state index in [1.165, 1.54) is 11.4 Å². The van der Waals surface area contributed by atoms with Crippen LogP contribution in [-0.4, -0.2) is 32.9 Å². The van der Waals surface area contributed by atoms with Gasteiger partial charge in [0.2, 0.25) is 10.0 Å². The molecule has 0 radical (unpaired) electrons. The fourth-order valence-electron chi connectivity index (χ4n) is 1.49. The first-order valence-electron chi connectivity index (χ1n) is 5.02. The first-order chi connectivity index (χ1) is 7.32. The van der Waals surface area contributed by atoms with Crippen molar-refractivity contribution in [3.8, 4) is 0 Å². The van der Waals surface area contributed by atoms with Gasteiger partial charge in [-0.05, 0) is 18.6 Å². The Morgan fingerprint density at radius 2 is 1.94 bits per heavy atom. The molecule has 0 heterocycles.